The van der Waals surface area contributed by atoms with Gasteiger partial charge >= 0.3 is 0 Å². The van der Waals surface area contributed by atoms with Gasteiger partial charge in [-0.3, -0.25) is 0 Å². The lowest BCUT2D eigenvalue weighted by molar-refractivity contribution is -0.697. The smallest absolute Gasteiger partial charge is 0.169 e. The molecule has 0 saturated carbocycles. The Morgan fingerprint density at radius 3 is 1.74 bits per heavy atom. The van der Waals surface area contributed by atoms with Crippen molar-refractivity contribution in [2.24, 2.45) is 7.05 Å². The Hall–Kier alpha value is -4.58. The van der Waals surface area contributed by atoms with E-state index in [0.717, 1.165) is 52.3 Å². The van der Waals surface area contributed by atoms with Crippen LogP contribution in [0.5, 0.6) is 23.0 Å². The van der Waals surface area contributed by atoms with Gasteiger partial charge in [0.15, 0.2) is 31.3 Å². The number of hydrogen-bond donors (Lipinski definition) is 0. The summed E-state index contributed by atoms with van der Waals surface area (Å²) in [7, 11) is 5.31. The number of benzene rings is 3. The number of methoxy groups -OCH3 is 2. The molecule has 0 aliphatic carbocycles. The average Bonchev–Trinajstić information content (AvgIpc) is 2.98. The summed E-state index contributed by atoms with van der Waals surface area (Å²) < 4.78 is 27.0. The van der Waals surface area contributed by atoms with Crippen molar-refractivity contribution >= 4 is 10.8 Å². The lowest BCUT2D eigenvalue weighted by atomic mass is 10.1. The van der Waals surface area contributed by atoms with Crippen molar-refractivity contribution in [2.75, 3.05) is 20.8 Å². The molecule has 2 heterocycles. The van der Waals surface area contributed by atoms with Crippen LogP contribution in [0.15, 0.2) is 104 Å². The van der Waals surface area contributed by atoms with Crippen LogP contribution in [0.3, 0.4) is 0 Å². The molecule has 0 aliphatic rings. The summed E-state index contributed by atoms with van der Waals surface area (Å²) in [5.41, 5.74) is 3.42. The Labute approximate surface area is 229 Å². The van der Waals surface area contributed by atoms with Gasteiger partial charge in [0.25, 0.3) is 0 Å². The summed E-state index contributed by atoms with van der Waals surface area (Å²) in [4.78, 5) is 0. The number of aromatic nitrogens is 2. The second kappa shape index (κ2) is 12.3. The highest BCUT2D eigenvalue weighted by Gasteiger charge is 2.07. The Morgan fingerprint density at radius 2 is 1.15 bits per heavy atom. The third-order valence-electron chi connectivity index (χ3n) is 6.63. The van der Waals surface area contributed by atoms with Crippen molar-refractivity contribution in [3.05, 3.63) is 109 Å². The molecule has 5 rings (SSSR count). The molecule has 0 amide bonds. The minimum atomic E-state index is 0.423. The fraction of sp³-hybridized carbons (Fsp3) is 0.212. The Bertz CT molecular complexity index is 1510. The van der Waals surface area contributed by atoms with Gasteiger partial charge in [-0.15, -0.1) is 0 Å². The van der Waals surface area contributed by atoms with Gasteiger partial charge in [-0.25, -0.2) is 9.13 Å². The maximum Gasteiger partial charge on any atom is 0.169 e. The summed E-state index contributed by atoms with van der Waals surface area (Å²) in [6.45, 7) is 1.98. The van der Waals surface area contributed by atoms with E-state index in [4.69, 9.17) is 18.9 Å². The summed E-state index contributed by atoms with van der Waals surface area (Å²) in [6, 6.07) is 26.6. The van der Waals surface area contributed by atoms with Crippen molar-refractivity contribution in [3.8, 4) is 34.1 Å². The molecular formula is C33H34N2O4+2. The molecule has 3 aromatic carbocycles. The van der Waals surface area contributed by atoms with Crippen molar-refractivity contribution in [1.29, 1.82) is 0 Å². The van der Waals surface area contributed by atoms with Gasteiger partial charge < -0.3 is 18.9 Å². The number of pyridine rings is 2. The van der Waals surface area contributed by atoms with Crippen LogP contribution in [0.4, 0.5) is 0 Å². The highest BCUT2D eigenvalue weighted by atomic mass is 16.5. The van der Waals surface area contributed by atoms with Gasteiger partial charge in [-0.1, -0.05) is 12.1 Å². The normalized spacial score (nSPS) is 10.8. The summed E-state index contributed by atoms with van der Waals surface area (Å²) in [5.74, 6) is 3.17. The third kappa shape index (κ3) is 6.85. The number of ether oxygens (including phenoxy) is 4. The van der Waals surface area contributed by atoms with Crippen LogP contribution in [0.1, 0.15) is 12.0 Å². The monoisotopic (exact) mass is 522 g/mol. The van der Waals surface area contributed by atoms with Crippen molar-refractivity contribution in [3.63, 3.8) is 0 Å². The van der Waals surface area contributed by atoms with Gasteiger partial charge in [0.2, 0.25) is 0 Å². The molecule has 6 nitrogen and oxygen atoms in total. The zero-order chi connectivity index (χ0) is 27.0. The molecule has 0 saturated heterocycles. The predicted octanol–water partition coefficient (Wildman–Crippen LogP) is 5.68. The van der Waals surface area contributed by atoms with E-state index in [1.807, 2.05) is 48.0 Å². The van der Waals surface area contributed by atoms with Crippen LogP contribution in [-0.4, -0.2) is 20.8 Å². The van der Waals surface area contributed by atoms with Crippen LogP contribution in [-0.2, 0) is 20.2 Å². The minimum absolute atomic E-state index is 0.423. The fourth-order valence-corrected chi connectivity index (χ4v) is 4.43. The molecule has 6 heteroatoms. The van der Waals surface area contributed by atoms with Crippen LogP contribution in [0.25, 0.3) is 21.9 Å². The highest BCUT2D eigenvalue weighted by molar-refractivity contribution is 5.85. The molecule has 0 spiro atoms. The molecule has 0 bridgehead atoms. The lowest BCUT2D eigenvalue weighted by Gasteiger charge is -2.11. The van der Waals surface area contributed by atoms with Crippen LogP contribution >= 0.6 is 0 Å². The number of nitrogens with zero attached hydrogens (tertiary/aromatic N) is 2. The zero-order valence-electron chi connectivity index (χ0n) is 22.7. The van der Waals surface area contributed by atoms with Gasteiger partial charge in [0.1, 0.15) is 36.7 Å². The van der Waals surface area contributed by atoms with E-state index >= 15 is 0 Å². The van der Waals surface area contributed by atoms with E-state index in [1.54, 1.807) is 14.2 Å². The largest absolute Gasteiger partial charge is 0.497 e. The van der Waals surface area contributed by atoms with Gasteiger partial charge in [-0.05, 0) is 63.9 Å². The first-order chi connectivity index (χ1) is 19.1. The van der Waals surface area contributed by atoms with E-state index in [1.165, 1.54) is 11.1 Å². The minimum Gasteiger partial charge on any atom is -0.497 e. The molecule has 0 aliphatic heterocycles. The SMILES string of the molecule is COc1cc(COc2ccc3cc(OCCC[n+]4ccc(-c5cc[n+](C)cc5)cc4)ccc3c2)cc(OC)c1. The standard InChI is InChI=1S/C33H34N2O4/c1-34-14-9-26(10-15-34)27-11-16-35(17-12-27)13-4-18-38-30-7-5-29-22-31(8-6-28(29)21-30)39-24-25-19-32(36-2)23-33(20-25)37-3/h5-12,14-17,19-23H,4,13,18,24H2,1-3H3/q+2. The van der Waals surface area contributed by atoms with E-state index in [2.05, 4.69) is 71.8 Å². The lowest BCUT2D eigenvalue weighted by Crippen LogP contribution is -2.33. The Morgan fingerprint density at radius 1 is 0.590 bits per heavy atom. The molecule has 0 N–H and O–H groups in total. The summed E-state index contributed by atoms with van der Waals surface area (Å²) >= 11 is 0. The number of hydrogen-bond acceptors (Lipinski definition) is 4. The number of rotatable bonds is 11. The molecule has 0 unspecified atom stereocenters. The van der Waals surface area contributed by atoms with E-state index in [-0.39, 0.29) is 0 Å². The molecule has 39 heavy (non-hydrogen) atoms. The van der Waals surface area contributed by atoms with E-state index < -0.39 is 0 Å². The summed E-state index contributed by atoms with van der Waals surface area (Å²) in [5, 5.41) is 2.22. The molecular weight excluding hydrogens is 488 g/mol. The molecule has 0 radical (unpaired) electrons. The molecule has 0 fully saturated rings. The van der Waals surface area contributed by atoms with Gasteiger partial charge in [0, 0.05) is 36.8 Å². The van der Waals surface area contributed by atoms with Crippen LogP contribution < -0.4 is 28.1 Å². The second-order valence-corrected chi connectivity index (χ2v) is 9.46. The van der Waals surface area contributed by atoms with Crippen molar-refractivity contribution < 1.29 is 28.1 Å². The first kappa shape index (κ1) is 26.0. The molecule has 5 aromatic rings. The fourth-order valence-electron chi connectivity index (χ4n) is 4.43. The van der Waals surface area contributed by atoms with Crippen LogP contribution in [0, 0.1) is 0 Å². The predicted molar refractivity (Wildman–Crippen MR) is 151 cm³/mol. The first-order valence-corrected chi connectivity index (χ1v) is 13.1. The van der Waals surface area contributed by atoms with Gasteiger partial charge in [0.05, 0.1) is 20.8 Å². The Kier molecular flexibility index (Phi) is 8.22. The first-order valence-electron chi connectivity index (χ1n) is 13.1. The quantitative estimate of drug-likeness (QED) is 0.165. The van der Waals surface area contributed by atoms with E-state index in [0.29, 0.717) is 13.2 Å². The number of aryl methyl sites for hydroxylation is 2. The highest BCUT2D eigenvalue weighted by Crippen LogP contribution is 2.27. The van der Waals surface area contributed by atoms with Crippen molar-refractivity contribution in [2.45, 2.75) is 19.6 Å². The topological polar surface area (TPSA) is 44.7 Å². The molecule has 198 valence electrons. The zero-order valence-corrected chi connectivity index (χ0v) is 22.7. The average molecular weight is 523 g/mol. The maximum absolute atomic E-state index is 6.05. The van der Waals surface area contributed by atoms with Gasteiger partial charge in [-0.2, -0.15) is 0 Å². The van der Waals surface area contributed by atoms with Crippen molar-refractivity contribution in [1.82, 2.24) is 0 Å². The molecule has 0 atom stereocenters. The molecule has 2 aromatic heterocycles. The van der Waals surface area contributed by atoms with E-state index in [9.17, 15) is 0 Å². The third-order valence-corrected chi connectivity index (χ3v) is 6.63. The summed E-state index contributed by atoms with van der Waals surface area (Å²) in [6.07, 6.45) is 9.31. The number of fused-ring (bicyclic) bond motifs is 1. The second-order valence-electron chi connectivity index (χ2n) is 9.46. The maximum atomic E-state index is 6.05. The van der Waals surface area contributed by atoms with Crippen LogP contribution in [0.2, 0.25) is 0 Å². The Balaban J connectivity index is 1.12.